The molecule has 0 saturated heterocycles. The number of sulfonamides is 1. The SMILES string of the molecule is CCS(=O)(=O)N(Cc1ncc(-c2nnc(C(F)F)o2)s1)c1ccc(Cl)cn1. The average molecular weight is 436 g/mol. The van der Waals surface area contributed by atoms with Gasteiger partial charge in [0, 0.05) is 6.20 Å². The first-order valence-corrected chi connectivity index (χ1v) is 10.3. The number of anilines is 1. The van der Waals surface area contributed by atoms with Crippen molar-refractivity contribution in [2.45, 2.75) is 19.9 Å². The molecule has 0 bridgehead atoms. The van der Waals surface area contributed by atoms with Crippen LogP contribution in [0.25, 0.3) is 10.8 Å². The molecule has 3 heterocycles. The Balaban J connectivity index is 1.88. The third kappa shape index (κ3) is 4.39. The molecule has 0 aromatic carbocycles. The van der Waals surface area contributed by atoms with Gasteiger partial charge in [0.1, 0.15) is 15.7 Å². The summed E-state index contributed by atoms with van der Waals surface area (Å²) in [6.07, 6.45) is -0.179. The van der Waals surface area contributed by atoms with Crippen molar-refractivity contribution in [2.75, 3.05) is 10.1 Å². The van der Waals surface area contributed by atoms with Crippen molar-refractivity contribution < 1.29 is 21.6 Å². The molecule has 0 atom stereocenters. The third-order valence-corrected chi connectivity index (χ3v) is 6.25. The van der Waals surface area contributed by atoms with E-state index >= 15 is 0 Å². The van der Waals surface area contributed by atoms with Crippen molar-refractivity contribution in [3.8, 4) is 10.8 Å². The van der Waals surface area contributed by atoms with Crippen LogP contribution >= 0.6 is 22.9 Å². The number of thiazole rings is 1. The van der Waals surface area contributed by atoms with E-state index in [2.05, 4.69) is 20.2 Å². The Bertz CT molecular complexity index is 1020. The van der Waals surface area contributed by atoms with Crippen molar-refractivity contribution in [2.24, 2.45) is 0 Å². The lowest BCUT2D eigenvalue weighted by atomic mass is 10.4. The molecular formula is C14H12ClF2N5O3S2. The van der Waals surface area contributed by atoms with E-state index in [9.17, 15) is 17.2 Å². The first-order chi connectivity index (χ1) is 12.8. The van der Waals surface area contributed by atoms with Crippen LogP contribution in [0.4, 0.5) is 14.6 Å². The summed E-state index contributed by atoms with van der Waals surface area (Å²) >= 11 is 6.85. The smallest absolute Gasteiger partial charge is 0.314 e. The zero-order valence-corrected chi connectivity index (χ0v) is 16.1. The minimum atomic E-state index is -3.64. The van der Waals surface area contributed by atoms with Crippen LogP contribution in [0.2, 0.25) is 5.02 Å². The van der Waals surface area contributed by atoms with Crippen molar-refractivity contribution in [1.82, 2.24) is 20.2 Å². The summed E-state index contributed by atoms with van der Waals surface area (Å²) in [4.78, 5) is 8.51. The Labute approximate surface area is 161 Å². The van der Waals surface area contributed by atoms with Crippen LogP contribution in [0.3, 0.4) is 0 Å². The number of nitrogens with zero attached hydrogens (tertiary/aromatic N) is 5. The highest BCUT2D eigenvalue weighted by Crippen LogP contribution is 2.29. The van der Waals surface area contributed by atoms with Crippen LogP contribution in [-0.4, -0.2) is 34.3 Å². The van der Waals surface area contributed by atoms with Gasteiger partial charge >= 0.3 is 6.43 Å². The van der Waals surface area contributed by atoms with Crippen molar-refractivity contribution in [3.05, 3.63) is 40.4 Å². The van der Waals surface area contributed by atoms with Gasteiger partial charge in [0.2, 0.25) is 10.0 Å². The molecule has 0 fully saturated rings. The molecule has 3 aromatic heterocycles. The average Bonchev–Trinajstić information content (AvgIpc) is 3.30. The first kappa shape index (κ1) is 19.6. The van der Waals surface area contributed by atoms with E-state index in [1.807, 2.05) is 0 Å². The number of hydrogen-bond donors (Lipinski definition) is 0. The quantitative estimate of drug-likeness (QED) is 0.559. The molecule has 3 rings (SSSR count). The van der Waals surface area contributed by atoms with Crippen LogP contribution in [0.5, 0.6) is 0 Å². The van der Waals surface area contributed by atoms with Crippen molar-refractivity contribution in [3.63, 3.8) is 0 Å². The molecule has 0 saturated carbocycles. The van der Waals surface area contributed by atoms with Gasteiger partial charge in [0.15, 0.2) is 0 Å². The number of rotatable bonds is 7. The minimum absolute atomic E-state index is 0.0920. The second-order valence-electron chi connectivity index (χ2n) is 5.11. The summed E-state index contributed by atoms with van der Waals surface area (Å²) in [6.45, 7) is 1.42. The molecule has 8 nitrogen and oxygen atoms in total. The van der Waals surface area contributed by atoms with Crippen LogP contribution in [0.15, 0.2) is 28.9 Å². The standard InChI is InChI=1S/C14H12ClF2N5O3S2/c1-2-27(23,24)22(10-4-3-8(15)5-18-10)7-11-19-6-9(26-11)13-20-21-14(25-13)12(16)17/h3-6,12H,2,7H2,1H3. The Morgan fingerprint density at radius 1 is 1.26 bits per heavy atom. The normalized spacial score (nSPS) is 11.9. The fraction of sp³-hybridized carbons (Fsp3) is 0.286. The van der Waals surface area contributed by atoms with Crippen LogP contribution in [0.1, 0.15) is 24.2 Å². The second-order valence-corrected chi connectivity index (χ2v) is 8.84. The van der Waals surface area contributed by atoms with Gasteiger partial charge in [-0.3, -0.25) is 0 Å². The number of hydrogen-bond acceptors (Lipinski definition) is 8. The summed E-state index contributed by atoms with van der Waals surface area (Å²) < 4.78 is 56.0. The molecular weight excluding hydrogens is 424 g/mol. The van der Waals surface area contributed by atoms with E-state index in [1.165, 1.54) is 31.5 Å². The molecule has 0 amide bonds. The fourth-order valence-electron chi connectivity index (χ4n) is 2.02. The number of aromatic nitrogens is 4. The third-order valence-electron chi connectivity index (χ3n) is 3.34. The van der Waals surface area contributed by atoms with E-state index in [0.29, 0.717) is 14.9 Å². The molecule has 3 aromatic rings. The molecule has 13 heteroatoms. The van der Waals surface area contributed by atoms with E-state index in [4.69, 9.17) is 16.0 Å². The zero-order chi connectivity index (χ0) is 19.6. The summed E-state index contributed by atoms with van der Waals surface area (Å²) in [6, 6.07) is 3.01. The Hall–Kier alpha value is -2.18. The largest absolute Gasteiger partial charge is 0.414 e. The molecule has 144 valence electrons. The molecule has 0 spiro atoms. The highest BCUT2D eigenvalue weighted by molar-refractivity contribution is 7.92. The molecule has 0 aliphatic rings. The molecule has 0 aliphatic carbocycles. The van der Waals surface area contributed by atoms with E-state index < -0.39 is 22.3 Å². The number of halogens is 3. The monoisotopic (exact) mass is 435 g/mol. The molecule has 0 radical (unpaired) electrons. The van der Waals surface area contributed by atoms with E-state index in [0.717, 1.165) is 15.6 Å². The Kier molecular flexibility index (Phi) is 5.67. The maximum Gasteiger partial charge on any atom is 0.314 e. The molecule has 0 unspecified atom stereocenters. The molecule has 0 aliphatic heterocycles. The van der Waals surface area contributed by atoms with Gasteiger partial charge in [-0.25, -0.2) is 22.7 Å². The summed E-state index contributed by atoms with van der Waals surface area (Å²) in [5, 5.41) is 7.57. The van der Waals surface area contributed by atoms with Crippen LogP contribution in [-0.2, 0) is 16.6 Å². The predicted molar refractivity (Wildman–Crippen MR) is 95.3 cm³/mol. The maximum atomic E-state index is 12.6. The van der Waals surface area contributed by atoms with E-state index in [-0.39, 0.29) is 24.0 Å². The Morgan fingerprint density at radius 2 is 2.04 bits per heavy atom. The number of alkyl halides is 2. The van der Waals surface area contributed by atoms with Gasteiger partial charge in [0.05, 0.1) is 23.5 Å². The first-order valence-electron chi connectivity index (χ1n) is 7.48. The lowest BCUT2D eigenvalue weighted by molar-refractivity contribution is 0.116. The summed E-state index contributed by atoms with van der Waals surface area (Å²) in [5.74, 6) is -0.850. The highest BCUT2D eigenvalue weighted by Gasteiger charge is 2.24. The summed E-state index contributed by atoms with van der Waals surface area (Å²) in [5.41, 5.74) is 0. The van der Waals surface area contributed by atoms with Gasteiger partial charge in [-0.05, 0) is 19.1 Å². The Morgan fingerprint density at radius 3 is 2.63 bits per heavy atom. The van der Waals surface area contributed by atoms with E-state index in [1.54, 1.807) is 0 Å². The van der Waals surface area contributed by atoms with Crippen molar-refractivity contribution >= 4 is 38.8 Å². The molecule has 0 N–H and O–H groups in total. The zero-order valence-electron chi connectivity index (χ0n) is 13.7. The van der Waals surface area contributed by atoms with Crippen LogP contribution < -0.4 is 4.31 Å². The lowest BCUT2D eigenvalue weighted by Gasteiger charge is -2.21. The second kappa shape index (κ2) is 7.82. The van der Waals surface area contributed by atoms with Crippen molar-refractivity contribution in [1.29, 1.82) is 0 Å². The lowest BCUT2D eigenvalue weighted by Crippen LogP contribution is -2.32. The topological polar surface area (TPSA) is 102 Å². The summed E-state index contributed by atoms with van der Waals surface area (Å²) in [7, 11) is -3.64. The van der Waals surface area contributed by atoms with Gasteiger partial charge in [-0.15, -0.1) is 21.5 Å². The minimum Gasteiger partial charge on any atom is -0.414 e. The van der Waals surface area contributed by atoms with Gasteiger partial charge < -0.3 is 4.42 Å². The van der Waals surface area contributed by atoms with Gasteiger partial charge in [-0.2, -0.15) is 8.78 Å². The van der Waals surface area contributed by atoms with Gasteiger partial charge in [0.25, 0.3) is 11.8 Å². The predicted octanol–water partition coefficient (Wildman–Crippen LogP) is 3.54. The van der Waals surface area contributed by atoms with Gasteiger partial charge in [-0.1, -0.05) is 11.6 Å². The highest BCUT2D eigenvalue weighted by atomic mass is 35.5. The van der Waals surface area contributed by atoms with Crippen LogP contribution in [0, 0.1) is 0 Å². The maximum absolute atomic E-state index is 12.6. The molecule has 27 heavy (non-hydrogen) atoms. The number of pyridine rings is 1. The fourth-order valence-corrected chi connectivity index (χ4v) is 4.07.